The van der Waals surface area contributed by atoms with Crippen LogP contribution in [-0.2, 0) is 22.6 Å². The minimum Gasteiger partial charge on any atom is -0.484 e. The second-order valence-electron chi connectivity index (χ2n) is 9.29. The van der Waals surface area contributed by atoms with Gasteiger partial charge in [-0.15, -0.1) is 0 Å². The maximum absolute atomic E-state index is 13.7. The van der Waals surface area contributed by atoms with Gasteiger partial charge in [0.2, 0.25) is 5.91 Å². The maximum atomic E-state index is 13.7. The molecule has 0 spiro atoms. The fourth-order valence-electron chi connectivity index (χ4n) is 4.07. The van der Waals surface area contributed by atoms with Gasteiger partial charge in [0.15, 0.2) is 6.61 Å². The molecule has 0 aliphatic carbocycles. The molecule has 190 valence electrons. The van der Waals surface area contributed by atoms with E-state index in [0.717, 1.165) is 28.7 Å². The molecule has 3 rings (SSSR count). The van der Waals surface area contributed by atoms with Gasteiger partial charge >= 0.3 is 0 Å². The van der Waals surface area contributed by atoms with Crippen LogP contribution in [0.1, 0.15) is 42.5 Å². The van der Waals surface area contributed by atoms with Crippen LogP contribution < -0.4 is 10.1 Å². The first-order chi connectivity index (χ1) is 17.2. The molecule has 1 N–H and O–H groups in total. The van der Waals surface area contributed by atoms with Gasteiger partial charge in [-0.25, -0.2) is 0 Å². The zero-order chi connectivity index (χ0) is 26.1. The number of carbonyl (C=O) groups excluding carboxylic acids is 2. The number of ether oxygens (including phenoxy) is 1. The average Bonchev–Trinajstić information content (AvgIpc) is 2.84. The normalized spacial score (nSPS) is 12.5. The number of nitrogens with one attached hydrogen (secondary N) is 1. The molecule has 5 nitrogen and oxygen atoms in total. The summed E-state index contributed by atoms with van der Waals surface area (Å²) >= 11 is 6.23. The second-order valence-corrected chi connectivity index (χ2v) is 9.72. The molecule has 0 saturated carbocycles. The molecule has 0 unspecified atom stereocenters. The van der Waals surface area contributed by atoms with E-state index in [4.69, 9.17) is 16.3 Å². The van der Waals surface area contributed by atoms with Gasteiger partial charge in [0, 0.05) is 24.0 Å². The standard InChI is InChI=1S/C30H35ClN2O3/c1-5-23(4)32-30(35)28(18-24-10-7-6-8-11-24)33(19-25-12-9-13-26(31)17-25)29(34)20-36-27-15-21(2)14-22(3)16-27/h6-17,23,28H,5,18-20H2,1-4H3,(H,32,35)/t23-,28+/m1/s1. The van der Waals surface area contributed by atoms with E-state index in [0.29, 0.717) is 17.2 Å². The van der Waals surface area contributed by atoms with Crippen LogP contribution in [0.4, 0.5) is 0 Å². The summed E-state index contributed by atoms with van der Waals surface area (Å²) in [7, 11) is 0. The third-order valence-corrected chi connectivity index (χ3v) is 6.31. The number of carbonyl (C=O) groups is 2. The molecule has 0 bridgehead atoms. The van der Waals surface area contributed by atoms with Crippen molar-refractivity contribution in [3.8, 4) is 5.75 Å². The van der Waals surface area contributed by atoms with Crippen molar-refractivity contribution in [2.75, 3.05) is 6.61 Å². The van der Waals surface area contributed by atoms with Crippen LogP contribution in [-0.4, -0.2) is 35.4 Å². The first-order valence-electron chi connectivity index (χ1n) is 12.3. The fraction of sp³-hybridized carbons (Fsp3) is 0.333. The highest BCUT2D eigenvalue weighted by Crippen LogP contribution is 2.20. The van der Waals surface area contributed by atoms with E-state index >= 15 is 0 Å². The van der Waals surface area contributed by atoms with Crippen LogP contribution in [0.15, 0.2) is 72.8 Å². The van der Waals surface area contributed by atoms with E-state index in [1.807, 2.05) is 88.4 Å². The number of benzene rings is 3. The summed E-state index contributed by atoms with van der Waals surface area (Å²) in [6, 6.07) is 22.2. The zero-order valence-electron chi connectivity index (χ0n) is 21.5. The van der Waals surface area contributed by atoms with Gasteiger partial charge in [0.25, 0.3) is 5.91 Å². The molecule has 3 aromatic rings. The summed E-state index contributed by atoms with van der Waals surface area (Å²) in [5, 5.41) is 3.65. The summed E-state index contributed by atoms with van der Waals surface area (Å²) < 4.78 is 5.91. The molecule has 0 fully saturated rings. The molecular weight excluding hydrogens is 472 g/mol. The molecule has 0 aromatic heterocycles. The van der Waals surface area contributed by atoms with Crippen LogP contribution in [0.5, 0.6) is 5.75 Å². The van der Waals surface area contributed by atoms with Gasteiger partial charge in [0.05, 0.1) is 0 Å². The number of hydrogen-bond donors (Lipinski definition) is 1. The SMILES string of the molecule is CC[C@@H](C)NC(=O)[C@H](Cc1ccccc1)N(Cc1cccc(Cl)c1)C(=O)COc1cc(C)cc(C)c1. The molecule has 36 heavy (non-hydrogen) atoms. The van der Waals surface area contributed by atoms with Crippen molar-refractivity contribution in [3.05, 3.63) is 100 Å². The van der Waals surface area contributed by atoms with Gasteiger partial charge in [-0.1, -0.05) is 67.1 Å². The number of amides is 2. The first-order valence-corrected chi connectivity index (χ1v) is 12.7. The van der Waals surface area contributed by atoms with E-state index in [1.165, 1.54) is 0 Å². The number of hydrogen-bond acceptors (Lipinski definition) is 3. The Hall–Kier alpha value is -3.31. The number of aryl methyl sites for hydroxylation is 2. The second kappa shape index (κ2) is 13.1. The van der Waals surface area contributed by atoms with E-state index in [1.54, 1.807) is 11.0 Å². The first kappa shape index (κ1) is 27.3. The average molecular weight is 507 g/mol. The van der Waals surface area contributed by atoms with Crippen LogP contribution in [0, 0.1) is 13.8 Å². The summed E-state index contributed by atoms with van der Waals surface area (Å²) in [6.45, 7) is 8.02. The third kappa shape index (κ3) is 8.13. The highest BCUT2D eigenvalue weighted by Gasteiger charge is 2.31. The highest BCUT2D eigenvalue weighted by atomic mass is 35.5. The Bertz CT molecular complexity index is 1150. The summed E-state index contributed by atoms with van der Waals surface area (Å²) in [4.78, 5) is 28.8. The van der Waals surface area contributed by atoms with Crippen molar-refractivity contribution in [2.24, 2.45) is 0 Å². The number of halogens is 1. The lowest BCUT2D eigenvalue weighted by Gasteiger charge is -2.32. The van der Waals surface area contributed by atoms with Gasteiger partial charge in [-0.3, -0.25) is 9.59 Å². The predicted molar refractivity (Wildman–Crippen MR) is 145 cm³/mol. The summed E-state index contributed by atoms with van der Waals surface area (Å²) in [6.07, 6.45) is 1.18. The molecule has 6 heteroatoms. The van der Waals surface area contributed by atoms with Crippen molar-refractivity contribution < 1.29 is 14.3 Å². The lowest BCUT2D eigenvalue weighted by molar-refractivity contribution is -0.143. The molecule has 2 amide bonds. The molecular formula is C30H35ClN2O3. The molecule has 0 saturated heterocycles. The number of rotatable bonds is 11. The zero-order valence-corrected chi connectivity index (χ0v) is 22.2. The lowest BCUT2D eigenvalue weighted by Crippen LogP contribution is -2.53. The highest BCUT2D eigenvalue weighted by molar-refractivity contribution is 6.30. The Labute approximate surface area is 219 Å². The van der Waals surface area contributed by atoms with Crippen molar-refractivity contribution in [1.82, 2.24) is 10.2 Å². The van der Waals surface area contributed by atoms with E-state index in [2.05, 4.69) is 11.4 Å². The third-order valence-electron chi connectivity index (χ3n) is 6.07. The quantitative estimate of drug-likeness (QED) is 0.352. The van der Waals surface area contributed by atoms with Gasteiger partial charge in [0.1, 0.15) is 11.8 Å². The summed E-state index contributed by atoms with van der Waals surface area (Å²) in [5.41, 5.74) is 3.93. The Morgan fingerprint density at radius 1 is 0.944 bits per heavy atom. The van der Waals surface area contributed by atoms with Crippen molar-refractivity contribution >= 4 is 23.4 Å². The molecule has 2 atom stereocenters. The van der Waals surface area contributed by atoms with E-state index in [9.17, 15) is 9.59 Å². The predicted octanol–water partition coefficient (Wildman–Crippen LogP) is 5.89. The Morgan fingerprint density at radius 2 is 1.61 bits per heavy atom. The van der Waals surface area contributed by atoms with Crippen molar-refractivity contribution in [1.29, 1.82) is 0 Å². The Kier molecular flexibility index (Phi) is 9.95. The topological polar surface area (TPSA) is 58.6 Å². The van der Waals surface area contributed by atoms with Crippen LogP contribution in [0.2, 0.25) is 5.02 Å². The van der Waals surface area contributed by atoms with Crippen molar-refractivity contribution in [3.63, 3.8) is 0 Å². The Morgan fingerprint density at radius 3 is 2.25 bits per heavy atom. The smallest absolute Gasteiger partial charge is 0.261 e. The minimum atomic E-state index is -0.712. The Balaban J connectivity index is 1.92. The molecule has 3 aromatic carbocycles. The van der Waals surface area contributed by atoms with Gasteiger partial charge in [-0.05, 0) is 73.7 Å². The van der Waals surface area contributed by atoms with Crippen LogP contribution >= 0.6 is 11.6 Å². The maximum Gasteiger partial charge on any atom is 0.261 e. The number of nitrogens with zero attached hydrogens (tertiary/aromatic N) is 1. The fourth-order valence-corrected chi connectivity index (χ4v) is 4.28. The monoisotopic (exact) mass is 506 g/mol. The molecule has 0 heterocycles. The molecule has 0 aliphatic heterocycles. The lowest BCUT2D eigenvalue weighted by atomic mass is 10.0. The summed E-state index contributed by atoms with van der Waals surface area (Å²) in [5.74, 6) is 0.177. The van der Waals surface area contributed by atoms with Gasteiger partial charge < -0.3 is 15.0 Å². The minimum absolute atomic E-state index is 0.00888. The molecule has 0 radical (unpaired) electrons. The van der Waals surface area contributed by atoms with Crippen LogP contribution in [0.25, 0.3) is 0 Å². The molecule has 0 aliphatic rings. The van der Waals surface area contributed by atoms with E-state index < -0.39 is 6.04 Å². The van der Waals surface area contributed by atoms with Gasteiger partial charge in [-0.2, -0.15) is 0 Å². The van der Waals surface area contributed by atoms with Crippen molar-refractivity contribution in [2.45, 2.75) is 59.2 Å². The van der Waals surface area contributed by atoms with Crippen LogP contribution in [0.3, 0.4) is 0 Å². The van der Waals surface area contributed by atoms with E-state index in [-0.39, 0.29) is 31.0 Å². The largest absolute Gasteiger partial charge is 0.484 e.